The van der Waals surface area contributed by atoms with E-state index in [4.69, 9.17) is 14.2 Å². The second-order valence-corrected chi connectivity index (χ2v) is 8.24. The Morgan fingerprint density at radius 1 is 1.11 bits per heavy atom. The lowest BCUT2D eigenvalue weighted by molar-refractivity contribution is -0.129. The number of nitrogens with zero attached hydrogens (tertiary/aromatic N) is 2. The number of hydrogen-bond donors (Lipinski definition) is 2. The van der Waals surface area contributed by atoms with Crippen molar-refractivity contribution in [2.24, 2.45) is 0 Å². The maximum absolute atomic E-state index is 13.1. The molecule has 2 aromatic rings. The zero-order chi connectivity index (χ0) is 25.1. The van der Waals surface area contributed by atoms with Crippen molar-refractivity contribution in [3.63, 3.8) is 0 Å². The molecule has 3 amide bonds. The predicted molar refractivity (Wildman–Crippen MR) is 124 cm³/mol. The molecule has 10 nitrogen and oxygen atoms in total. The molecular formula is C25H26N4O6. The molecule has 35 heavy (non-hydrogen) atoms. The maximum Gasteiger partial charge on any atom is 0.255 e. The molecule has 0 spiro atoms. The first-order valence-corrected chi connectivity index (χ1v) is 11.1. The van der Waals surface area contributed by atoms with Crippen LogP contribution in [0, 0.1) is 11.3 Å². The number of ether oxygens (including phenoxy) is 3. The van der Waals surface area contributed by atoms with Crippen LogP contribution in [0.4, 0.5) is 0 Å². The Bertz CT molecular complexity index is 1180. The lowest BCUT2D eigenvalue weighted by Gasteiger charge is -2.24. The first-order valence-electron chi connectivity index (χ1n) is 11.1. The standard InChI is InChI=1S/C25H26N4O6/c1-33-19-10-14(11-20(34-2)23(19)35-3)18(12-26)28-21(30)13-27-24(31)22-16-6-4-5-7-17(16)25(32)29(22)15-8-9-15/h4-7,10-11,15,18,22H,8-9,13H2,1-3H3,(H,27,31)(H,28,30). The Balaban J connectivity index is 1.45. The van der Waals surface area contributed by atoms with E-state index in [1.165, 1.54) is 21.3 Å². The van der Waals surface area contributed by atoms with Crippen LogP contribution >= 0.6 is 0 Å². The van der Waals surface area contributed by atoms with Gasteiger partial charge in [-0.05, 0) is 42.2 Å². The number of nitrogens with one attached hydrogen (secondary N) is 2. The van der Waals surface area contributed by atoms with E-state index in [1.807, 2.05) is 6.07 Å². The first kappa shape index (κ1) is 23.9. The van der Waals surface area contributed by atoms with E-state index in [-0.39, 0.29) is 18.5 Å². The molecule has 0 aromatic heterocycles. The van der Waals surface area contributed by atoms with Crippen LogP contribution in [0.25, 0.3) is 0 Å². The zero-order valence-electron chi connectivity index (χ0n) is 19.7. The Hall–Kier alpha value is -4.26. The highest BCUT2D eigenvalue weighted by Gasteiger charge is 2.47. The Morgan fingerprint density at radius 3 is 2.34 bits per heavy atom. The van der Waals surface area contributed by atoms with Crippen LogP contribution in [0.15, 0.2) is 36.4 Å². The van der Waals surface area contributed by atoms with Gasteiger partial charge in [-0.1, -0.05) is 18.2 Å². The molecule has 2 aliphatic rings. The molecule has 1 fully saturated rings. The van der Waals surface area contributed by atoms with E-state index >= 15 is 0 Å². The number of methoxy groups -OCH3 is 3. The van der Waals surface area contributed by atoms with Crippen LogP contribution in [0.2, 0.25) is 0 Å². The number of amides is 3. The topological polar surface area (TPSA) is 130 Å². The van der Waals surface area contributed by atoms with Crippen molar-refractivity contribution in [3.05, 3.63) is 53.1 Å². The molecule has 0 bridgehead atoms. The molecule has 10 heteroatoms. The van der Waals surface area contributed by atoms with Crippen LogP contribution in [0.5, 0.6) is 17.2 Å². The monoisotopic (exact) mass is 478 g/mol. The summed E-state index contributed by atoms with van der Waals surface area (Å²) in [6.45, 7) is -0.354. The minimum atomic E-state index is -1.02. The summed E-state index contributed by atoms with van der Waals surface area (Å²) >= 11 is 0. The number of nitriles is 1. The van der Waals surface area contributed by atoms with Gasteiger partial charge in [0.1, 0.15) is 12.1 Å². The van der Waals surface area contributed by atoms with Gasteiger partial charge in [0, 0.05) is 11.6 Å². The van der Waals surface area contributed by atoms with E-state index < -0.39 is 23.9 Å². The molecule has 2 unspecified atom stereocenters. The van der Waals surface area contributed by atoms with Crippen molar-refractivity contribution >= 4 is 17.7 Å². The summed E-state index contributed by atoms with van der Waals surface area (Å²) < 4.78 is 15.9. The van der Waals surface area contributed by atoms with Crippen LogP contribution in [-0.4, -0.2) is 56.5 Å². The minimum Gasteiger partial charge on any atom is -0.493 e. The van der Waals surface area contributed by atoms with Crippen LogP contribution in [0.3, 0.4) is 0 Å². The Labute approximate surface area is 202 Å². The third kappa shape index (κ3) is 4.57. The number of carbonyl (C=O) groups is 3. The Kier molecular flexibility index (Phi) is 6.78. The van der Waals surface area contributed by atoms with E-state index in [1.54, 1.807) is 41.3 Å². The molecule has 2 aromatic carbocycles. The number of benzene rings is 2. The van der Waals surface area contributed by atoms with Gasteiger partial charge in [0.15, 0.2) is 11.5 Å². The summed E-state index contributed by atoms with van der Waals surface area (Å²) in [5, 5.41) is 14.9. The number of rotatable bonds is 9. The molecule has 4 rings (SSSR count). The molecule has 0 saturated heterocycles. The van der Waals surface area contributed by atoms with Crippen molar-refractivity contribution in [2.45, 2.75) is 31.0 Å². The van der Waals surface area contributed by atoms with Crippen molar-refractivity contribution in [1.82, 2.24) is 15.5 Å². The van der Waals surface area contributed by atoms with Gasteiger partial charge in [0.2, 0.25) is 17.6 Å². The summed E-state index contributed by atoms with van der Waals surface area (Å²) in [6, 6.07) is 10.4. The molecule has 2 atom stereocenters. The summed E-state index contributed by atoms with van der Waals surface area (Å²) in [7, 11) is 4.37. The molecule has 1 heterocycles. The SMILES string of the molecule is COc1cc(C(C#N)NC(=O)CNC(=O)C2c3ccccc3C(=O)N2C2CC2)cc(OC)c1OC. The van der Waals surface area contributed by atoms with E-state index in [0.717, 1.165) is 12.8 Å². The number of fused-ring (bicyclic) bond motifs is 1. The fourth-order valence-electron chi connectivity index (χ4n) is 4.27. The normalized spacial score (nSPS) is 17.1. The fraction of sp³-hybridized carbons (Fsp3) is 0.360. The van der Waals surface area contributed by atoms with E-state index in [0.29, 0.717) is 33.9 Å². The van der Waals surface area contributed by atoms with Gasteiger partial charge in [-0.15, -0.1) is 0 Å². The second kappa shape index (κ2) is 9.93. The van der Waals surface area contributed by atoms with Gasteiger partial charge in [-0.25, -0.2) is 0 Å². The van der Waals surface area contributed by atoms with Gasteiger partial charge in [-0.3, -0.25) is 14.4 Å². The largest absolute Gasteiger partial charge is 0.493 e. The van der Waals surface area contributed by atoms with Crippen LogP contribution < -0.4 is 24.8 Å². The lowest BCUT2D eigenvalue weighted by Crippen LogP contribution is -2.44. The van der Waals surface area contributed by atoms with Crippen LogP contribution in [0.1, 0.15) is 46.4 Å². The molecular weight excluding hydrogens is 452 g/mol. The maximum atomic E-state index is 13.1. The second-order valence-electron chi connectivity index (χ2n) is 8.24. The van der Waals surface area contributed by atoms with Gasteiger partial charge in [0.25, 0.3) is 5.91 Å². The molecule has 1 saturated carbocycles. The highest BCUT2D eigenvalue weighted by atomic mass is 16.5. The van der Waals surface area contributed by atoms with Gasteiger partial charge < -0.3 is 29.7 Å². The van der Waals surface area contributed by atoms with E-state index in [9.17, 15) is 19.6 Å². The first-order chi connectivity index (χ1) is 16.9. The lowest BCUT2D eigenvalue weighted by atomic mass is 10.0. The van der Waals surface area contributed by atoms with Gasteiger partial charge in [-0.2, -0.15) is 5.26 Å². The highest BCUT2D eigenvalue weighted by Crippen LogP contribution is 2.42. The third-order valence-corrected chi connectivity index (χ3v) is 6.07. The van der Waals surface area contributed by atoms with Crippen molar-refractivity contribution in [2.75, 3.05) is 27.9 Å². The molecule has 1 aliphatic heterocycles. The van der Waals surface area contributed by atoms with Crippen molar-refractivity contribution < 1.29 is 28.6 Å². The average Bonchev–Trinajstić information content (AvgIpc) is 3.68. The molecule has 2 N–H and O–H groups in total. The number of carbonyl (C=O) groups excluding carboxylic acids is 3. The summed E-state index contributed by atoms with van der Waals surface area (Å²) in [5.41, 5.74) is 1.57. The molecule has 182 valence electrons. The smallest absolute Gasteiger partial charge is 0.255 e. The molecule has 1 aliphatic carbocycles. The van der Waals surface area contributed by atoms with E-state index in [2.05, 4.69) is 10.6 Å². The van der Waals surface area contributed by atoms with Gasteiger partial charge in [0.05, 0.1) is 33.9 Å². The van der Waals surface area contributed by atoms with Crippen molar-refractivity contribution in [3.8, 4) is 23.3 Å². The third-order valence-electron chi connectivity index (χ3n) is 6.07. The van der Waals surface area contributed by atoms with Gasteiger partial charge >= 0.3 is 0 Å². The molecule has 0 radical (unpaired) electrons. The quantitative estimate of drug-likeness (QED) is 0.563. The fourth-order valence-corrected chi connectivity index (χ4v) is 4.27. The summed E-state index contributed by atoms with van der Waals surface area (Å²) in [6.07, 6.45) is 1.70. The summed E-state index contributed by atoms with van der Waals surface area (Å²) in [4.78, 5) is 40.1. The average molecular weight is 479 g/mol. The summed E-state index contributed by atoms with van der Waals surface area (Å²) in [5.74, 6) is -0.120. The van der Waals surface area contributed by atoms with Crippen LogP contribution in [-0.2, 0) is 9.59 Å². The minimum absolute atomic E-state index is 0.0301. The zero-order valence-corrected chi connectivity index (χ0v) is 19.7. The highest BCUT2D eigenvalue weighted by molar-refractivity contribution is 6.05. The number of hydrogen-bond acceptors (Lipinski definition) is 7. The predicted octanol–water partition coefficient (Wildman–Crippen LogP) is 1.87. The van der Waals surface area contributed by atoms with Crippen molar-refractivity contribution in [1.29, 1.82) is 5.26 Å². The Morgan fingerprint density at radius 2 is 1.77 bits per heavy atom.